The number of carbonyl (C=O) groups is 1. The fourth-order valence-electron chi connectivity index (χ4n) is 4.91. The van der Waals surface area contributed by atoms with E-state index < -0.39 is 5.60 Å². The molecule has 33 heavy (non-hydrogen) atoms. The Morgan fingerprint density at radius 2 is 1.85 bits per heavy atom. The van der Waals surface area contributed by atoms with Crippen molar-refractivity contribution in [2.45, 2.75) is 25.4 Å². The van der Waals surface area contributed by atoms with Crippen LogP contribution in [0, 0.1) is 6.92 Å². The Hall–Kier alpha value is -3.45. The molecule has 4 heterocycles. The second-order valence-electron chi connectivity index (χ2n) is 8.82. The number of thiazole rings is 1. The summed E-state index contributed by atoms with van der Waals surface area (Å²) in [5.41, 5.74) is 5.61. The van der Waals surface area contributed by atoms with Gasteiger partial charge in [0.1, 0.15) is 22.1 Å². The second kappa shape index (κ2) is 7.56. The average Bonchev–Trinajstić information content (AvgIpc) is 3.48. The van der Waals surface area contributed by atoms with E-state index in [1.165, 1.54) is 16.9 Å². The van der Waals surface area contributed by atoms with Crippen LogP contribution in [0.2, 0.25) is 0 Å². The van der Waals surface area contributed by atoms with E-state index in [-0.39, 0.29) is 5.91 Å². The normalized spacial score (nSPS) is 16.2. The molecule has 0 unspecified atom stereocenters. The van der Waals surface area contributed by atoms with Crippen LogP contribution in [0.15, 0.2) is 60.1 Å². The summed E-state index contributed by atoms with van der Waals surface area (Å²) in [6, 6.07) is 16.4. The van der Waals surface area contributed by atoms with E-state index in [4.69, 9.17) is 4.74 Å². The molecule has 0 saturated carbocycles. The Labute approximate surface area is 196 Å². The number of ether oxygens (including phenoxy) is 1. The first kappa shape index (κ1) is 20.2. The number of amides is 1. The molecule has 6 rings (SSSR count). The molecule has 2 aliphatic rings. The molecule has 1 amide bonds. The van der Waals surface area contributed by atoms with Crippen LogP contribution in [0.1, 0.15) is 34.5 Å². The zero-order chi connectivity index (χ0) is 22.6. The molecule has 6 nitrogen and oxygen atoms in total. The zero-order valence-electron chi connectivity index (χ0n) is 18.6. The minimum Gasteiger partial charge on any atom is -0.482 e. The van der Waals surface area contributed by atoms with Crippen molar-refractivity contribution in [3.8, 4) is 27.6 Å². The molecule has 7 heteroatoms. The number of piperidine rings is 1. The van der Waals surface area contributed by atoms with E-state index in [0.29, 0.717) is 18.8 Å². The number of rotatable bonds is 2. The standard InChI is InChI=1S/C26H24N4O2S/c1-17-7-9-18(10-8-17)24-28-21(16-33-24)25(31)30-13-11-26(12-14-30)20-15-27-29(2)23(20)19-5-3-4-6-22(19)32-26/h3-10,15-16H,11-14H2,1-2H3. The summed E-state index contributed by atoms with van der Waals surface area (Å²) < 4.78 is 8.53. The van der Waals surface area contributed by atoms with Crippen molar-refractivity contribution in [3.05, 3.63) is 76.9 Å². The van der Waals surface area contributed by atoms with Crippen LogP contribution in [0.25, 0.3) is 21.8 Å². The van der Waals surface area contributed by atoms with Gasteiger partial charge in [0, 0.05) is 55.0 Å². The lowest BCUT2D eigenvalue weighted by Crippen LogP contribution is -2.49. The van der Waals surface area contributed by atoms with E-state index in [1.807, 2.05) is 46.4 Å². The SMILES string of the molecule is Cc1ccc(-c2nc(C(=O)N3CCC4(CC3)Oc3ccccc3-c3c4cnn3C)cs2)cc1. The van der Waals surface area contributed by atoms with Gasteiger partial charge >= 0.3 is 0 Å². The minimum atomic E-state index is -0.455. The van der Waals surface area contributed by atoms with Gasteiger partial charge in [-0.15, -0.1) is 11.3 Å². The average molecular weight is 457 g/mol. The molecule has 0 aliphatic carbocycles. The highest BCUT2D eigenvalue weighted by Gasteiger charge is 2.46. The van der Waals surface area contributed by atoms with Crippen molar-refractivity contribution in [3.63, 3.8) is 0 Å². The Kier molecular flexibility index (Phi) is 4.62. The van der Waals surface area contributed by atoms with Crippen LogP contribution >= 0.6 is 11.3 Å². The number of aromatic nitrogens is 3. The summed E-state index contributed by atoms with van der Waals surface area (Å²) in [6.07, 6.45) is 3.37. The summed E-state index contributed by atoms with van der Waals surface area (Å²) in [5, 5.41) is 7.28. The number of likely N-dealkylation sites (tertiary alicyclic amines) is 1. The van der Waals surface area contributed by atoms with Crippen molar-refractivity contribution >= 4 is 17.2 Å². The molecule has 0 bridgehead atoms. The summed E-state index contributed by atoms with van der Waals surface area (Å²) in [6.45, 7) is 3.30. The fourth-order valence-corrected chi connectivity index (χ4v) is 5.71. The Bertz CT molecular complexity index is 1350. The van der Waals surface area contributed by atoms with Crippen molar-refractivity contribution in [2.24, 2.45) is 7.05 Å². The van der Waals surface area contributed by atoms with E-state index in [2.05, 4.69) is 47.3 Å². The number of fused-ring (bicyclic) bond motifs is 4. The number of aryl methyl sites for hydroxylation is 2. The molecule has 0 radical (unpaired) electrons. The zero-order valence-corrected chi connectivity index (χ0v) is 19.4. The number of carbonyl (C=O) groups excluding carboxylic acids is 1. The molecule has 2 aromatic heterocycles. The van der Waals surface area contributed by atoms with Gasteiger partial charge in [0.15, 0.2) is 0 Å². The first-order valence-electron chi connectivity index (χ1n) is 11.2. The molecular weight excluding hydrogens is 432 g/mol. The van der Waals surface area contributed by atoms with Crippen LogP contribution in [0.5, 0.6) is 5.75 Å². The van der Waals surface area contributed by atoms with Crippen molar-refractivity contribution < 1.29 is 9.53 Å². The lowest BCUT2D eigenvalue weighted by molar-refractivity contribution is -0.00187. The molecule has 4 aromatic rings. The number of benzene rings is 2. The molecular formula is C26H24N4O2S. The molecule has 1 spiro atoms. The van der Waals surface area contributed by atoms with E-state index in [0.717, 1.165) is 46.0 Å². The third kappa shape index (κ3) is 3.26. The predicted octanol–water partition coefficient (Wildman–Crippen LogP) is 5.04. The van der Waals surface area contributed by atoms with Crippen LogP contribution < -0.4 is 4.74 Å². The molecule has 2 aromatic carbocycles. The molecule has 2 aliphatic heterocycles. The topological polar surface area (TPSA) is 60.3 Å². The van der Waals surface area contributed by atoms with Gasteiger partial charge < -0.3 is 9.64 Å². The maximum Gasteiger partial charge on any atom is 0.273 e. The molecule has 0 atom stereocenters. The third-order valence-corrected chi connectivity index (χ3v) is 7.65. The van der Waals surface area contributed by atoms with Gasteiger partial charge in [-0.1, -0.05) is 42.0 Å². The Morgan fingerprint density at radius 1 is 1.09 bits per heavy atom. The molecule has 0 N–H and O–H groups in total. The fraction of sp³-hybridized carbons (Fsp3) is 0.269. The first-order valence-corrected chi connectivity index (χ1v) is 12.0. The monoisotopic (exact) mass is 456 g/mol. The molecule has 166 valence electrons. The first-order chi connectivity index (χ1) is 16.0. The van der Waals surface area contributed by atoms with E-state index in [9.17, 15) is 4.79 Å². The van der Waals surface area contributed by atoms with Gasteiger partial charge in [0.05, 0.1) is 11.9 Å². The summed E-state index contributed by atoms with van der Waals surface area (Å²) in [4.78, 5) is 19.8. The highest BCUT2D eigenvalue weighted by Crippen LogP contribution is 2.49. The molecule has 1 fully saturated rings. The number of nitrogens with zero attached hydrogens (tertiary/aromatic N) is 4. The summed E-state index contributed by atoms with van der Waals surface area (Å²) in [7, 11) is 1.97. The smallest absolute Gasteiger partial charge is 0.273 e. The molecule has 1 saturated heterocycles. The van der Waals surface area contributed by atoms with Gasteiger partial charge in [0.25, 0.3) is 5.91 Å². The van der Waals surface area contributed by atoms with Crippen LogP contribution in [-0.4, -0.2) is 38.7 Å². The van der Waals surface area contributed by atoms with Crippen molar-refractivity contribution in [1.29, 1.82) is 0 Å². The van der Waals surface area contributed by atoms with Crippen molar-refractivity contribution in [2.75, 3.05) is 13.1 Å². The van der Waals surface area contributed by atoms with Gasteiger partial charge in [0.2, 0.25) is 0 Å². The van der Waals surface area contributed by atoms with Gasteiger partial charge in [-0.25, -0.2) is 4.98 Å². The highest BCUT2D eigenvalue weighted by molar-refractivity contribution is 7.13. The lowest BCUT2D eigenvalue weighted by atomic mass is 9.81. The highest BCUT2D eigenvalue weighted by atomic mass is 32.1. The van der Waals surface area contributed by atoms with Crippen LogP contribution in [0.3, 0.4) is 0 Å². The predicted molar refractivity (Wildman–Crippen MR) is 128 cm³/mol. The number of hydrogen-bond donors (Lipinski definition) is 0. The summed E-state index contributed by atoms with van der Waals surface area (Å²) in [5.74, 6) is 0.873. The largest absolute Gasteiger partial charge is 0.482 e. The quantitative estimate of drug-likeness (QED) is 0.424. The van der Waals surface area contributed by atoms with Gasteiger partial charge in [-0.2, -0.15) is 5.10 Å². The Balaban J connectivity index is 1.23. The Morgan fingerprint density at radius 3 is 2.64 bits per heavy atom. The van der Waals surface area contributed by atoms with Crippen molar-refractivity contribution in [1.82, 2.24) is 19.7 Å². The minimum absolute atomic E-state index is 0.0120. The maximum atomic E-state index is 13.2. The van der Waals surface area contributed by atoms with E-state index >= 15 is 0 Å². The number of hydrogen-bond acceptors (Lipinski definition) is 5. The maximum absolute atomic E-state index is 13.2. The van der Waals surface area contributed by atoms with Gasteiger partial charge in [-0.3, -0.25) is 9.48 Å². The number of para-hydroxylation sites is 1. The van der Waals surface area contributed by atoms with E-state index in [1.54, 1.807) is 0 Å². The van der Waals surface area contributed by atoms with Gasteiger partial charge in [-0.05, 0) is 19.1 Å². The second-order valence-corrected chi connectivity index (χ2v) is 9.68. The lowest BCUT2D eigenvalue weighted by Gasteiger charge is -2.44. The van der Waals surface area contributed by atoms with Crippen LogP contribution in [0.4, 0.5) is 0 Å². The third-order valence-electron chi connectivity index (χ3n) is 6.76. The summed E-state index contributed by atoms with van der Waals surface area (Å²) >= 11 is 1.51. The van der Waals surface area contributed by atoms with Crippen LogP contribution in [-0.2, 0) is 12.6 Å².